The molecule has 5 nitrogen and oxygen atoms in total. The van der Waals surface area contributed by atoms with Gasteiger partial charge in [-0.1, -0.05) is 17.4 Å². The summed E-state index contributed by atoms with van der Waals surface area (Å²) in [5.41, 5.74) is 3.90. The van der Waals surface area contributed by atoms with E-state index in [9.17, 15) is 4.79 Å². The summed E-state index contributed by atoms with van der Waals surface area (Å²) in [5, 5.41) is 4.21. The Hall–Kier alpha value is -2.21. The van der Waals surface area contributed by atoms with Gasteiger partial charge in [0.05, 0.1) is 10.2 Å². The molecule has 0 saturated heterocycles. The predicted octanol–water partition coefficient (Wildman–Crippen LogP) is 2.81. The standard InChI is InChI=1S/C16H18N4OS/c1-5-20-7-6-12(18-20)15(21)17-16-19(4)13-9-10(2)8-11(3)14(13)22-16/h6-9H,5H2,1-4H3. The molecule has 0 radical (unpaired) electrons. The number of hydrogen-bond acceptors (Lipinski definition) is 3. The summed E-state index contributed by atoms with van der Waals surface area (Å²) >= 11 is 1.54. The molecule has 2 aromatic heterocycles. The number of carbonyl (C=O) groups is 1. The number of nitrogens with zero attached hydrogens (tertiary/aromatic N) is 4. The van der Waals surface area contributed by atoms with Gasteiger partial charge in [0.1, 0.15) is 0 Å². The second kappa shape index (κ2) is 5.53. The largest absolute Gasteiger partial charge is 0.319 e. The number of carbonyl (C=O) groups excluding carboxylic acids is 1. The van der Waals surface area contributed by atoms with Gasteiger partial charge in [-0.3, -0.25) is 9.48 Å². The molecule has 0 N–H and O–H groups in total. The Morgan fingerprint density at radius 2 is 2.14 bits per heavy atom. The monoisotopic (exact) mass is 314 g/mol. The molecule has 0 spiro atoms. The van der Waals surface area contributed by atoms with Crippen LogP contribution in [0.2, 0.25) is 0 Å². The molecule has 0 saturated carbocycles. The minimum atomic E-state index is -0.302. The highest BCUT2D eigenvalue weighted by Crippen LogP contribution is 2.22. The van der Waals surface area contributed by atoms with Gasteiger partial charge in [0.25, 0.3) is 5.91 Å². The quantitative estimate of drug-likeness (QED) is 0.730. The van der Waals surface area contributed by atoms with E-state index >= 15 is 0 Å². The summed E-state index contributed by atoms with van der Waals surface area (Å²) in [6, 6.07) is 5.97. The van der Waals surface area contributed by atoms with Crippen molar-refractivity contribution in [3.05, 3.63) is 46.0 Å². The number of aryl methyl sites for hydroxylation is 4. The minimum Gasteiger partial charge on any atom is -0.319 e. The second-order valence-corrected chi connectivity index (χ2v) is 6.32. The average molecular weight is 314 g/mol. The molecule has 1 amide bonds. The maximum Gasteiger partial charge on any atom is 0.300 e. The van der Waals surface area contributed by atoms with Crippen LogP contribution in [0.3, 0.4) is 0 Å². The Labute approximate surface area is 132 Å². The molecule has 2 heterocycles. The molecule has 0 aliphatic rings. The Morgan fingerprint density at radius 1 is 1.36 bits per heavy atom. The van der Waals surface area contributed by atoms with Crippen molar-refractivity contribution >= 4 is 27.5 Å². The van der Waals surface area contributed by atoms with Gasteiger partial charge in [0, 0.05) is 19.8 Å². The average Bonchev–Trinajstić information content (AvgIpc) is 3.06. The maximum atomic E-state index is 12.3. The zero-order chi connectivity index (χ0) is 15.9. The molecule has 0 atom stereocenters. The van der Waals surface area contributed by atoms with Gasteiger partial charge in [-0.05, 0) is 44.0 Å². The van der Waals surface area contributed by atoms with Crippen molar-refractivity contribution in [2.45, 2.75) is 27.3 Å². The zero-order valence-corrected chi connectivity index (χ0v) is 13.9. The van der Waals surface area contributed by atoms with E-state index in [0.29, 0.717) is 10.5 Å². The van der Waals surface area contributed by atoms with E-state index in [2.05, 4.69) is 36.1 Å². The molecule has 3 aromatic rings. The third kappa shape index (κ3) is 2.50. The number of fused-ring (bicyclic) bond motifs is 1. The van der Waals surface area contributed by atoms with Gasteiger partial charge < -0.3 is 4.57 Å². The molecule has 3 rings (SSSR count). The van der Waals surface area contributed by atoms with Crippen LogP contribution in [-0.4, -0.2) is 20.3 Å². The number of hydrogen-bond donors (Lipinski definition) is 0. The first-order valence-corrected chi connectivity index (χ1v) is 8.00. The summed E-state index contributed by atoms with van der Waals surface area (Å²) in [6.45, 7) is 6.88. The van der Waals surface area contributed by atoms with Crippen LogP contribution in [0.4, 0.5) is 0 Å². The normalized spacial score (nSPS) is 12.3. The topological polar surface area (TPSA) is 52.2 Å². The van der Waals surface area contributed by atoms with Crippen LogP contribution in [0.25, 0.3) is 10.2 Å². The minimum absolute atomic E-state index is 0.302. The molecule has 0 aliphatic carbocycles. The smallest absolute Gasteiger partial charge is 0.300 e. The lowest BCUT2D eigenvalue weighted by molar-refractivity contribution is 0.0992. The highest BCUT2D eigenvalue weighted by molar-refractivity contribution is 7.16. The van der Waals surface area contributed by atoms with Crippen molar-refractivity contribution < 1.29 is 4.79 Å². The summed E-state index contributed by atoms with van der Waals surface area (Å²) in [4.78, 5) is 17.2. The first kappa shape index (κ1) is 14.7. The molecular formula is C16H18N4OS. The van der Waals surface area contributed by atoms with E-state index in [1.54, 1.807) is 16.9 Å². The van der Waals surface area contributed by atoms with E-state index in [-0.39, 0.29) is 5.91 Å². The Kier molecular flexibility index (Phi) is 3.70. The van der Waals surface area contributed by atoms with Crippen molar-refractivity contribution in [2.24, 2.45) is 12.0 Å². The van der Waals surface area contributed by atoms with Crippen LogP contribution in [0, 0.1) is 13.8 Å². The van der Waals surface area contributed by atoms with Gasteiger partial charge in [0.15, 0.2) is 10.5 Å². The highest BCUT2D eigenvalue weighted by atomic mass is 32.1. The summed E-state index contributed by atoms with van der Waals surface area (Å²) in [5.74, 6) is -0.302. The van der Waals surface area contributed by atoms with Crippen molar-refractivity contribution in [1.82, 2.24) is 14.3 Å². The lowest BCUT2D eigenvalue weighted by atomic mass is 10.1. The molecule has 0 fully saturated rings. The molecule has 114 valence electrons. The maximum absolute atomic E-state index is 12.3. The molecule has 22 heavy (non-hydrogen) atoms. The van der Waals surface area contributed by atoms with E-state index in [0.717, 1.165) is 12.1 Å². The Morgan fingerprint density at radius 3 is 2.82 bits per heavy atom. The van der Waals surface area contributed by atoms with Crippen LogP contribution in [0.5, 0.6) is 0 Å². The van der Waals surface area contributed by atoms with Crippen molar-refractivity contribution in [1.29, 1.82) is 0 Å². The van der Waals surface area contributed by atoms with E-state index in [1.807, 2.05) is 18.5 Å². The van der Waals surface area contributed by atoms with Crippen LogP contribution >= 0.6 is 11.3 Å². The van der Waals surface area contributed by atoms with Gasteiger partial charge in [-0.25, -0.2) is 0 Å². The number of thiazole rings is 1. The predicted molar refractivity (Wildman–Crippen MR) is 88.1 cm³/mol. The van der Waals surface area contributed by atoms with Gasteiger partial charge in [0.2, 0.25) is 0 Å². The first-order valence-electron chi connectivity index (χ1n) is 7.19. The zero-order valence-electron chi connectivity index (χ0n) is 13.1. The molecular weight excluding hydrogens is 296 g/mol. The Balaban J connectivity index is 2.11. The third-order valence-electron chi connectivity index (χ3n) is 3.62. The third-order valence-corrected chi connectivity index (χ3v) is 4.90. The fourth-order valence-electron chi connectivity index (χ4n) is 2.47. The van der Waals surface area contributed by atoms with Crippen molar-refractivity contribution in [3.63, 3.8) is 0 Å². The molecule has 6 heteroatoms. The SMILES string of the molecule is CCn1ccc(C(=O)N=c2sc3c(C)cc(C)cc3n2C)n1. The van der Waals surface area contributed by atoms with Gasteiger partial charge in [-0.15, -0.1) is 0 Å². The second-order valence-electron chi connectivity index (χ2n) is 5.35. The number of rotatable bonds is 2. The lowest BCUT2D eigenvalue weighted by Crippen LogP contribution is -2.13. The highest BCUT2D eigenvalue weighted by Gasteiger charge is 2.11. The fourth-order valence-corrected chi connectivity index (χ4v) is 3.54. The Bertz CT molecular complexity index is 929. The summed E-state index contributed by atoms with van der Waals surface area (Å²) in [7, 11) is 1.94. The van der Waals surface area contributed by atoms with Crippen LogP contribution in [0.15, 0.2) is 29.4 Å². The molecule has 0 aliphatic heterocycles. The van der Waals surface area contributed by atoms with Crippen LogP contribution in [0.1, 0.15) is 28.5 Å². The summed E-state index contributed by atoms with van der Waals surface area (Å²) < 4.78 is 4.86. The van der Waals surface area contributed by atoms with E-state index < -0.39 is 0 Å². The first-order chi connectivity index (χ1) is 10.5. The fraction of sp³-hybridized carbons (Fsp3) is 0.312. The molecule has 0 bridgehead atoms. The van der Waals surface area contributed by atoms with Gasteiger partial charge >= 0.3 is 0 Å². The van der Waals surface area contributed by atoms with E-state index in [4.69, 9.17) is 0 Å². The lowest BCUT2D eigenvalue weighted by Gasteiger charge is -2.00. The van der Waals surface area contributed by atoms with Gasteiger partial charge in [-0.2, -0.15) is 10.1 Å². The van der Waals surface area contributed by atoms with Crippen LogP contribution in [-0.2, 0) is 13.6 Å². The summed E-state index contributed by atoms with van der Waals surface area (Å²) in [6.07, 6.45) is 1.79. The molecule has 0 unspecified atom stereocenters. The van der Waals surface area contributed by atoms with E-state index in [1.165, 1.54) is 27.2 Å². The number of amides is 1. The van der Waals surface area contributed by atoms with Crippen LogP contribution < -0.4 is 4.80 Å². The van der Waals surface area contributed by atoms with Crippen molar-refractivity contribution in [2.75, 3.05) is 0 Å². The number of benzene rings is 1. The van der Waals surface area contributed by atoms with Crippen molar-refractivity contribution in [3.8, 4) is 0 Å². The number of aromatic nitrogens is 3. The molecule has 1 aromatic carbocycles.